The van der Waals surface area contributed by atoms with Gasteiger partial charge in [-0.15, -0.1) is 0 Å². The number of rotatable bonds is 2. The summed E-state index contributed by atoms with van der Waals surface area (Å²) in [6, 6.07) is 29.6. The third-order valence-electron chi connectivity index (χ3n) is 8.64. The van der Waals surface area contributed by atoms with Gasteiger partial charge in [-0.05, 0) is 112 Å². The topological polar surface area (TPSA) is 25.8 Å². The van der Waals surface area contributed by atoms with Crippen LogP contribution in [-0.2, 0) is 20.1 Å². The van der Waals surface area contributed by atoms with Crippen LogP contribution in [0.4, 0.5) is 0 Å². The molecule has 0 N–H and O–H groups in total. The molecule has 3 heteroatoms. The van der Waals surface area contributed by atoms with Crippen molar-refractivity contribution in [3.05, 3.63) is 129 Å². The number of pyridine rings is 2. The van der Waals surface area contributed by atoms with Gasteiger partial charge in [-0.2, -0.15) is 0 Å². The summed E-state index contributed by atoms with van der Waals surface area (Å²) >= 11 is 0. The molecule has 0 spiro atoms. The van der Waals surface area contributed by atoms with Crippen molar-refractivity contribution in [2.75, 3.05) is 0 Å². The first-order chi connectivity index (χ1) is 19.2. The van der Waals surface area contributed by atoms with E-state index in [1.165, 1.54) is 66.4 Å². The van der Waals surface area contributed by atoms with E-state index in [1.807, 2.05) is 0 Å². The maximum Gasteiger partial charge on any atom is 0.0744 e. The second kappa shape index (κ2) is 12.5. The van der Waals surface area contributed by atoms with Crippen molar-refractivity contribution < 1.29 is 20.1 Å². The van der Waals surface area contributed by atoms with Crippen LogP contribution in [0.3, 0.4) is 0 Å². The number of benzene rings is 4. The Bertz CT molecular complexity index is 1750. The average molecular weight is 715 g/mol. The molecule has 0 fully saturated rings. The number of hydrogen-bond acceptors (Lipinski definition) is 2. The number of nitrogens with zero attached hydrogens (tertiary/aromatic N) is 2. The maximum absolute atomic E-state index is 4.91. The van der Waals surface area contributed by atoms with E-state index in [2.05, 4.69) is 140 Å². The Labute approximate surface area is 258 Å². The molecule has 0 bridgehead atoms. The smallest absolute Gasteiger partial charge is 0.0744 e. The minimum absolute atomic E-state index is 0. The van der Waals surface area contributed by atoms with Crippen LogP contribution in [0.1, 0.15) is 44.5 Å². The van der Waals surface area contributed by atoms with Gasteiger partial charge < -0.3 is 0 Å². The van der Waals surface area contributed by atoms with Gasteiger partial charge in [0.1, 0.15) is 0 Å². The molecule has 0 amide bonds. The minimum atomic E-state index is 0. The zero-order valence-corrected chi connectivity index (χ0v) is 27.7. The normalized spacial score (nSPS) is 10.7. The van der Waals surface area contributed by atoms with Gasteiger partial charge in [0.2, 0.25) is 0 Å². The van der Waals surface area contributed by atoms with Crippen LogP contribution in [0, 0.1) is 55.4 Å². The van der Waals surface area contributed by atoms with E-state index in [0.717, 1.165) is 22.4 Å². The summed E-state index contributed by atoms with van der Waals surface area (Å²) in [5.41, 5.74) is 17.3. The number of hydrogen-bond donors (Lipinski definition) is 0. The molecule has 6 rings (SSSR count). The van der Waals surface area contributed by atoms with Crippen LogP contribution in [0.25, 0.3) is 44.3 Å². The first-order valence-electron chi connectivity index (χ1n) is 14.0. The average Bonchev–Trinajstić information content (AvgIpc) is 2.96. The second-order valence-electron chi connectivity index (χ2n) is 11.0. The maximum atomic E-state index is 4.91. The fourth-order valence-corrected chi connectivity index (χ4v) is 5.48. The summed E-state index contributed by atoms with van der Waals surface area (Å²) in [4.78, 5) is 9.82. The Morgan fingerprint density at radius 1 is 0.366 bits per heavy atom. The second-order valence-corrected chi connectivity index (χ2v) is 11.0. The molecule has 41 heavy (non-hydrogen) atoms. The summed E-state index contributed by atoms with van der Waals surface area (Å²) < 4.78 is 0. The van der Waals surface area contributed by atoms with Crippen LogP contribution < -0.4 is 0 Å². The monoisotopic (exact) mass is 715 g/mol. The van der Waals surface area contributed by atoms with Crippen molar-refractivity contribution in [3.63, 3.8) is 0 Å². The van der Waals surface area contributed by atoms with Crippen molar-refractivity contribution in [1.82, 2.24) is 9.97 Å². The van der Waals surface area contributed by atoms with Gasteiger partial charge in [0.25, 0.3) is 0 Å². The van der Waals surface area contributed by atoms with E-state index >= 15 is 0 Å². The quantitative estimate of drug-likeness (QED) is 0.179. The van der Waals surface area contributed by atoms with Gasteiger partial charge >= 0.3 is 0 Å². The zero-order valence-electron chi connectivity index (χ0n) is 25.3. The van der Waals surface area contributed by atoms with Crippen LogP contribution >= 0.6 is 0 Å². The van der Waals surface area contributed by atoms with E-state index in [1.54, 1.807) is 0 Å². The third kappa shape index (κ3) is 5.75. The van der Waals surface area contributed by atoms with Crippen molar-refractivity contribution in [3.8, 4) is 22.5 Å². The molecule has 0 saturated heterocycles. The summed E-state index contributed by atoms with van der Waals surface area (Å²) in [5.74, 6) is 0. The van der Waals surface area contributed by atoms with Gasteiger partial charge in [0.05, 0.1) is 22.4 Å². The molecule has 0 saturated carbocycles. The molecule has 2 aromatic heterocycles. The predicted octanol–water partition coefficient (Wildman–Crippen LogP) is 10.3. The van der Waals surface area contributed by atoms with Crippen molar-refractivity contribution in [1.29, 1.82) is 0 Å². The molecule has 0 aliphatic rings. The van der Waals surface area contributed by atoms with Gasteiger partial charge in [0.15, 0.2) is 0 Å². The fourth-order valence-electron chi connectivity index (χ4n) is 5.48. The Balaban J connectivity index is 0.000000184. The molecule has 4 aromatic carbocycles. The van der Waals surface area contributed by atoms with Crippen LogP contribution in [-0.4, -0.2) is 9.97 Å². The molecular weight excluding hydrogens is 677 g/mol. The molecule has 1 radical (unpaired) electrons. The fraction of sp³-hybridized carbons (Fsp3) is 0.211. The molecule has 2 nitrogen and oxygen atoms in total. The Morgan fingerprint density at radius 2 is 0.732 bits per heavy atom. The van der Waals surface area contributed by atoms with Gasteiger partial charge in [0, 0.05) is 42.0 Å². The molecule has 0 unspecified atom stereocenters. The van der Waals surface area contributed by atoms with Crippen LogP contribution in [0.15, 0.2) is 84.9 Å². The molecule has 6 aromatic rings. The Hall–Kier alpha value is -3.65. The Kier molecular flexibility index (Phi) is 9.22. The molecule has 0 aliphatic heterocycles. The summed E-state index contributed by atoms with van der Waals surface area (Å²) in [5, 5.41) is 2.50. The number of aryl methyl sites for hydroxylation is 4. The first kappa shape index (κ1) is 30.3. The zero-order chi connectivity index (χ0) is 28.6. The first-order valence-corrected chi connectivity index (χ1v) is 14.0. The summed E-state index contributed by atoms with van der Waals surface area (Å²) in [6.45, 7) is 17.4. The standard InChI is InChI=1S/2C19H19N.Ir/c2*1-12-8-7-10-17(13(12)2)19-15(4)14(3)16-9-5-6-11-18(16)20-19;/h2*5-11H,1-4H3;. The van der Waals surface area contributed by atoms with Gasteiger partial charge in [-0.25, -0.2) is 9.97 Å². The van der Waals surface area contributed by atoms with Crippen LogP contribution in [0.2, 0.25) is 0 Å². The van der Waals surface area contributed by atoms with Gasteiger partial charge in [-0.3, -0.25) is 0 Å². The van der Waals surface area contributed by atoms with Crippen molar-refractivity contribution in [2.45, 2.75) is 55.4 Å². The Morgan fingerprint density at radius 3 is 1.12 bits per heavy atom. The molecule has 209 valence electrons. The SMILES string of the molecule is Cc1cccc(-c2nc3ccccc3c(C)c2C)c1C.Cc1cccc(-c2nc3ccccc3c(C)c2C)c1C.[Ir]. The van der Waals surface area contributed by atoms with E-state index in [9.17, 15) is 0 Å². The molecule has 0 aliphatic carbocycles. The van der Waals surface area contributed by atoms with E-state index in [-0.39, 0.29) is 20.1 Å². The van der Waals surface area contributed by atoms with Crippen LogP contribution in [0.5, 0.6) is 0 Å². The predicted molar refractivity (Wildman–Crippen MR) is 172 cm³/mol. The van der Waals surface area contributed by atoms with Crippen molar-refractivity contribution >= 4 is 21.8 Å². The number of aromatic nitrogens is 2. The summed E-state index contributed by atoms with van der Waals surface area (Å²) in [6.07, 6.45) is 0. The van der Waals surface area contributed by atoms with E-state index < -0.39 is 0 Å². The van der Waals surface area contributed by atoms with E-state index in [0.29, 0.717) is 0 Å². The largest absolute Gasteiger partial charge is 0.247 e. The number of para-hydroxylation sites is 2. The van der Waals surface area contributed by atoms with Gasteiger partial charge in [-0.1, -0.05) is 72.8 Å². The molecule has 0 atom stereocenters. The molecule has 2 heterocycles. The number of fused-ring (bicyclic) bond motifs is 2. The summed E-state index contributed by atoms with van der Waals surface area (Å²) in [7, 11) is 0. The third-order valence-corrected chi connectivity index (χ3v) is 8.64. The minimum Gasteiger partial charge on any atom is -0.247 e. The molecular formula is C38H38IrN2. The van der Waals surface area contributed by atoms with Crippen molar-refractivity contribution in [2.24, 2.45) is 0 Å². The van der Waals surface area contributed by atoms with E-state index in [4.69, 9.17) is 9.97 Å².